The number of nitrogens with one attached hydrogen (secondary N) is 2. The number of H-pyrrole nitrogens is 1. The smallest absolute Gasteiger partial charge is 0.251 e. The van der Waals surface area contributed by atoms with Crippen molar-refractivity contribution >= 4 is 5.91 Å². The van der Waals surface area contributed by atoms with Crippen LogP contribution in [0.3, 0.4) is 0 Å². The molecule has 0 aliphatic carbocycles. The predicted octanol–water partition coefficient (Wildman–Crippen LogP) is 1.61. The van der Waals surface area contributed by atoms with Crippen LogP contribution >= 0.6 is 0 Å². The van der Waals surface area contributed by atoms with Gasteiger partial charge in [-0.2, -0.15) is 0 Å². The van der Waals surface area contributed by atoms with Gasteiger partial charge in [0.15, 0.2) is 0 Å². The highest BCUT2D eigenvalue weighted by Gasteiger charge is 2.06. The zero-order valence-electron chi connectivity index (χ0n) is 10.1. The molecule has 0 atom stereocenters. The van der Waals surface area contributed by atoms with Crippen molar-refractivity contribution in [3.63, 3.8) is 0 Å². The van der Waals surface area contributed by atoms with Crippen molar-refractivity contribution in [3.8, 4) is 0 Å². The number of carbonyl (C=O) groups excluding carboxylic acids is 1. The number of amides is 1. The van der Waals surface area contributed by atoms with Gasteiger partial charge in [0.2, 0.25) is 5.56 Å². The third kappa shape index (κ3) is 2.85. The second kappa shape index (κ2) is 5.31. The summed E-state index contributed by atoms with van der Waals surface area (Å²) in [6, 6.07) is 10.7. The Balaban J connectivity index is 2.05. The van der Waals surface area contributed by atoms with Gasteiger partial charge in [-0.1, -0.05) is 24.3 Å². The minimum atomic E-state index is -0.279. The molecule has 1 aromatic heterocycles. The van der Waals surface area contributed by atoms with Gasteiger partial charge < -0.3 is 10.3 Å². The minimum Gasteiger partial charge on any atom is -0.348 e. The second-order valence-corrected chi connectivity index (χ2v) is 4.05. The van der Waals surface area contributed by atoms with Gasteiger partial charge in [0.05, 0.1) is 0 Å². The molecule has 18 heavy (non-hydrogen) atoms. The van der Waals surface area contributed by atoms with E-state index in [0.29, 0.717) is 12.1 Å². The Morgan fingerprint density at radius 1 is 1.28 bits per heavy atom. The standard InChI is InChI=1S/C14H14N2O2/c1-10-4-2-3-5-12(10)9-16-14(18)11-6-7-15-13(17)8-11/h2-8H,9H2,1H3,(H,15,17)(H,16,18). The van der Waals surface area contributed by atoms with Crippen LogP contribution in [0, 0.1) is 6.92 Å². The first-order valence-electron chi connectivity index (χ1n) is 5.68. The number of aromatic nitrogens is 1. The predicted molar refractivity (Wildman–Crippen MR) is 69.4 cm³/mol. The van der Waals surface area contributed by atoms with Crippen molar-refractivity contribution in [1.29, 1.82) is 0 Å². The molecule has 2 aromatic rings. The number of hydrogen-bond donors (Lipinski definition) is 2. The van der Waals surface area contributed by atoms with Crippen LogP contribution in [0.15, 0.2) is 47.4 Å². The van der Waals surface area contributed by atoms with Crippen LogP contribution in [0.25, 0.3) is 0 Å². The molecule has 4 nitrogen and oxygen atoms in total. The summed E-state index contributed by atoms with van der Waals surface area (Å²) in [6.45, 7) is 2.45. The lowest BCUT2D eigenvalue weighted by Gasteiger charge is -2.07. The molecule has 0 saturated carbocycles. The van der Waals surface area contributed by atoms with Gasteiger partial charge in [-0.15, -0.1) is 0 Å². The number of aromatic amines is 1. The fourth-order valence-electron chi connectivity index (χ4n) is 1.67. The summed E-state index contributed by atoms with van der Waals surface area (Å²) in [5.41, 5.74) is 2.28. The van der Waals surface area contributed by atoms with E-state index < -0.39 is 0 Å². The first-order chi connectivity index (χ1) is 8.66. The van der Waals surface area contributed by atoms with Crippen molar-refractivity contribution in [2.45, 2.75) is 13.5 Å². The number of pyridine rings is 1. The highest BCUT2D eigenvalue weighted by Crippen LogP contribution is 2.06. The van der Waals surface area contributed by atoms with Gasteiger partial charge in [-0.3, -0.25) is 9.59 Å². The fraction of sp³-hybridized carbons (Fsp3) is 0.143. The molecule has 1 heterocycles. The Bertz CT molecular complexity index is 617. The Labute approximate surface area is 105 Å². The van der Waals surface area contributed by atoms with Crippen LogP contribution in [-0.2, 0) is 6.54 Å². The van der Waals surface area contributed by atoms with E-state index >= 15 is 0 Å². The highest BCUT2D eigenvalue weighted by molar-refractivity contribution is 5.93. The molecule has 0 bridgehead atoms. The summed E-state index contributed by atoms with van der Waals surface area (Å²) >= 11 is 0. The zero-order chi connectivity index (χ0) is 13.0. The lowest BCUT2D eigenvalue weighted by molar-refractivity contribution is 0.0950. The van der Waals surface area contributed by atoms with Crippen molar-refractivity contribution in [3.05, 3.63) is 69.6 Å². The molecule has 0 aliphatic heterocycles. The fourth-order valence-corrected chi connectivity index (χ4v) is 1.67. The van der Waals surface area contributed by atoms with E-state index in [0.717, 1.165) is 11.1 Å². The molecule has 1 aromatic carbocycles. The lowest BCUT2D eigenvalue weighted by Crippen LogP contribution is -2.24. The molecule has 0 fully saturated rings. The van der Waals surface area contributed by atoms with E-state index in [1.165, 1.54) is 12.3 Å². The number of aryl methyl sites for hydroxylation is 1. The summed E-state index contributed by atoms with van der Waals surface area (Å²) in [6.07, 6.45) is 1.46. The molecule has 0 aliphatic rings. The average molecular weight is 242 g/mol. The second-order valence-electron chi connectivity index (χ2n) is 4.05. The van der Waals surface area contributed by atoms with Gasteiger partial charge in [0.25, 0.3) is 5.91 Å². The Morgan fingerprint density at radius 3 is 2.78 bits per heavy atom. The Morgan fingerprint density at radius 2 is 2.06 bits per heavy atom. The van der Waals surface area contributed by atoms with E-state index in [1.807, 2.05) is 31.2 Å². The van der Waals surface area contributed by atoms with Gasteiger partial charge >= 0.3 is 0 Å². The Kier molecular flexibility index (Phi) is 3.57. The maximum atomic E-state index is 11.8. The zero-order valence-corrected chi connectivity index (χ0v) is 10.1. The number of rotatable bonds is 3. The van der Waals surface area contributed by atoms with Gasteiger partial charge in [-0.25, -0.2) is 0 Å². The normalized spacial score (nSPS) is 10.1. The van der Waals surface area contributed by atoms with E-state index in [1.54, 1.807) is 6.07 Å². The first-order valence-corrected chi connectivity index (χ1v) is 5.68. The third-order valence-corrected chi connectivity index (χ3v) is 2.74. The molecular formula is C14H14N2O2. The average Bonchev–Trinajstić information content (AvgIpc) is 2.37. The summed E-state index contributed by atoms with van der Waals surface area (Å²) in [5.74, 6) is -0.246. The molecule has 0 saturated heterocycles. The van der Waals surface area contributed by atoms with Crippen LogP contribution in [0.2, 0.25) is 0 Å². The molecule has 2 N–H and O–H groups in total. The number of hydrogen-bond acceptors (Lipinski definition) is 2. The molecule has 92 valence electrons. The summed E-state index contributed by atoms with van der Waals surface area (Å²) < 4.78 is 0. The minimum absolute atomic E-state index is 0.246. The van der Waals surface area contributed by atoms with Crippen LogP contribution in [0.5, 0.6) is 0 Å². The van der Waals surface area contributed by atoms with Crippen LogP contribution in [0.4, 0.5) is 0 Å². The van der Waals surface area contributed by atoms with Crippen molar-refractivity contribution in [2.75, 3.05) is 0 Å². The number of carbonyl (C=O) groups is 1. The van der Waals surface area contributed by atoms with E-state index in [4.69, 9.17) is 0 Å². The van der Waals surface area contributed by atoms with E-state index in [-0.39, 0.29) is 11.5 Å². The molecular weight excluding hydrogens is 228 g/mol. The lowest BCUT2D eigenvalue weighted by atomic mass is 10.1. The monoisotopic (exact) mass is 242 g/mol. The maximum Gasteiger partial charge on any atom is 0.251 e. The molecule has 2 rings (SSSR count). The van der Waals surface area contributed by atoms with Crippen LogP contribution in [0.1, 0.15) is 21.5 Å². The molecule has 0 spiro atoms. The van der Waals surface area contributed by atoms with Gasteiger partial charge in [-0.05, 0) is 24.1 Å². The van der Waals surface area contributed by atoms with Crippen LogP contribution < -0.4 is 10.9 Å². The van der Waals surface area contributed by atoms with Gasteiger partial charge in [0.1, 0.15) is 0 Å². The SMILES string of the molecule is Cc1ccccc1CNC(=O)c1cc[nH]c(=O)c1. The maximum absolute atomic E-state index is 11.8. The summed E-state index contributed by atoms with van der Waals surface area (Å²) in [7, 11) is 0. The van der Waals surface area contributed by atoms with Crippen molar-refractivity contribution in [2.24, 2.45) is 0 Å². The van der Waals surface area contributed by atoms with E-state index in [9.17, 15) is 9.59 Å². The third-order valence-electron chi connectivity index (χ3n) is 2.74. The Hall–Kier alpha value is -2.36. The van der Waals surface area contributed by atoms with Crippen LogP contribution in [-0.4, -0.2) is 10.9 Å². The first kappa shape index (κ1) is 12.1. The molecule has 0 unspecified atom stereocenters. The van der Waals surface area contributed by atoms with Crippen molar-refractivity contribution in [1.82, 2.24) is 10.3 Å². The highest BCUT2D eigenvalue weighted by atomic mass is 16.2. The van der Waals surface area contributed by atoms with Gasteiger partial charge in [0, 0.05) is 24.4 Å². The quantitative estimate of drug-likeness (QED) is 0.859. The number of benzene rings is 1. The molecule has 1 amide bonds. The topological polar surface area (TPSA) is 62.0 Å². The summed E-state index contributed by atoms with van der Waals surface area (Å²) in [4.78, 5) is 25.4. The molecule has 0 radical (unpaired) electrons. The molecule has 4 heteroatoms. The van der Waals surface area contributed by atoms with Crippen molar-refractivity contribution < 1.29 is 4.79 Å². The largest absolute Gasteiger partial charge is 0.348 e. The van der Waals surface area contributed by atoms with E-state index in [2.05, 4.69) is 10.3 Å². The summed E-state index contributed by atoms with van der Waals surface area (Å²) in [5, 5.41) is 2.79.